The van der Waals surface area contributed by atoms with Gasteiger partial charge in [0.1, 0.15) is 0 Å². The Kier molecular flexibility index (Phi) is 3.90. The van der Waals surface area contributed by atoms with Gasteiger partial charge in [-0.25, -0.2) is 5.01 Å². The molecule has 0 bridgehead atoms. The highest BCUT2D eigenvalue weighted by Gasteiger charge is 2.25. The number of hydrogen-bond donors (Lipinski definition) is 2. The van der Waals surface area contributed by atoms with E-state index in [1.54, 1.807) is 6.07 Å². The van der Waals surface area contributed by atoms with Gasteiger partial charge in [0.2, 0.25) is 0 Å². The van der Waals surface area contributed by atoms with E-state index in [2.05, 4.69) is 24.3 Å². The van der Waals surface area contributed by atoms with Crippen LogP contribution in [0.4, 0.5) is 17.1 Å². The molecule has 0 aliphatic carbocycles. The van der Waals surface area contributed by atoms with E-state index >= 15 is 0 Å². The maximum Gasteiger partial charge on any atom is 0.271 e. The molecule has 0 aromatic heterocycles. The van der Waals surface area contributed by atoms with E-state index in [1.807, 2.05) is 0 Å². The number of rotatable bonds is 3. The van der Waals surface area contributed by atoms with Gasteiger partial charge in [0.05, 0.1) is 16.3 Å². The molecule has 1 aliphatic rings. The average molecular weight is 264 g/mol. The Labute approximate surface area is 112 Å². The monoisotopic (exact) mass is 264 g/mol. The topological polar surface area (TPSA) is 84.4 Å². The van der Waals surface area contributed by atoms with Crippen molar-refractivity contribution in [2.45, 2.75) is 45.2 Å². The molecule has 1 heterocycles. The van der Waals surface area contributed by atoms with Crippen molar-refractivity contribution in [1.29, 1.82) is 0 Å². The van der Waals surface area contributed by atoms with E-state index in [9.17, 15) is 10.1 Å². The Morgan fingerprint density at radius 2 is 2.00 bits per heavy atom. The van der Waals surface area contributed by atoms with Crippen LogP contribution in [0.1, 0.15) is 33.1 Å². The van der Waals surface area contributed by atoms with Crippen LogP contribution >= 0.6 is 0 Å². The molecule has 0 spiro atoms. The zero-order valence-electron chi connectivity index (χ0n) is 11.3. The molecule has 6 nitrogen and oxygen atoms in total. The van der Waals surface area contributed by atoms with Crippen molar-refractivity contribution >= 4 is 17.1 Å². The lowest BCUT2D eigenvalue weighted by atomic mass is 10.00. The van der Waals surface area contributed by atoms with Gasteiger partial charge in [0, 0.05) is 24.2 Å². The minimum Gasteiger partial charge on any atom is -0.397 e. The number of piperidine rings is 1. The van der Waals surface area contributed by atoms with Crippen molar-refractivity contribution in [1.82, 2.24) is 5.01 Å². The SMILES string of the molecule is CC1CCCC(C)N1Nc1ccc([N+](=O)[O-])cc1N. The van der Waals surface area contributed by atoms with Gasteiger partial charge >= 0.3 is 0 Å². The van der Waals surface area contributed by atoms with Crippen LogP contribution in [0, 0.1) is 10.1 Å². The number of non-ortho nitro benzene ring substituents is 1. The van der Waals surface area contributed by atoms with Crippen LogP contribution in [0.15, 0.2) is 18.2 Å². The van der Waals surface area contributed by atoms with Crippen molar-refractivity contribution in [3.05, 3.63) is 28.3 Å². The molecule has 1 fully saturated rings. The first kappa shape index (κ1) is 13.6. The first-order valence-electron chi connectivity index (χ1n) is 6.58. The number of nitrogen functional groups attached to an aromatic ring is 1. The summed E-state index contributed by atoms with van der Waals surface area (Å²) in [5.74, 6) is 0. The molecule has 1 aliphatic heterocycles. The summed E-state index contributed by atoms with van der Waals surface area (Å²) in [5.41, 5.74) is 10.3. The molecule has 0 saturated carbocycles. The predicted molar refractivity (Wildman–Crippen MR) is 75.7 cm³/mol. The summed E-state index contributed by atoms with van der Waals surface area (Å²) in [5, 5.41) is 12.9. The molecule has 2 unspecified atom stereocenters. The second-order valence-corrected chi connectivity index (χ2v) is 5.18. The van der Waals surface area contributed by atoms with Gasteiger partial charge in [-0.1, -0.05) is 6.42 Å². The fourth-order valence-corrected chi connectivity index (χ4v) is 2.55. The molecular weight excluding hydrogens is 244 g/mol. The Morgan fingerprint density at radius 1 is 1.37 bits per heavy atom. The summed E-state index contributed by atoms with van der Waals surface area (Å²) in [7, 11) is 0. The molecule has 0 amide bonds. The highest BCUT2D eigenvalue weighted by Crippen LogP contribution is 2.28. The minimum absolute atomic E-state index is 0.0165. The number of nitrogens with two attached hydrogens (primary N) is 1. The Balaban J connectivity index is 2.16. The summed E-state index contributed by atoms with van der Waals surface area (Å²) >= 11 is 0. The molecule has 1 aromatic rings. The van der Waals surface area contributed by atoms with Crippen LogP contribution in [-0.2, 0) is 0 Å². The summed E-state index contributed by atoms with van der Waals surface area (Å²) < 4.78 is 0. The molecule has 19 heavy (non-hydrogen) atoms. The second-order valence-electron chi connectivity index (χ2n) is 5.18. The maximum atomic E-state index is 10.7. The van der Waals surface area contributed by atoms with Crippen LogP contribution in [0.25, 0.3) is 0 Å². The zero-order valence-corrected chi connectivity index (χ0v) is 11.3. The van der Waals surface area contributed by atoms with E-state index in [0.717, 1.165) is 18.5 Å². The van der Waals surface area contributed by atoms with Gasteiger partial charge in [0.25, 0.3) is 5.69 Å². The van der Waals surface area contributed by atoms with Gasteiger partial charge < -0.3 is 11.2 Å². The summed E-state index contributed by atoms with van der Waals surface area (Å²) in [6, 6.07) is 5.39. The van der Waals surface area contributed by atoms with Crippen LogP contribution in [0.3, 0.4) is 0 Å². The third-order valence-electron chi connectivity index (χ3n) is 3.69. The first-order chi connectivity index (χ1) is 8.99. The number of nitrogens with zero attached hydrogens (tertiary/aromatic N) is 2. The average Bonchev–Trinajstić information content (AvgIpc) is 2.35. The molecule has 0 radical (unpaired) electrons. The molecule has 2 atom stereocenters. The van der Waals surface area contributed by atoms with Crippen molar-refractivity contribution in [2.24, 2.45) is 0 Å². The smallest absolute Gasteiger partial charge is 0.271 e. The fraction of sp³-hybridized carbons (Fsp3) is 0.538. The number of anilines is 2. The van der Waals surface area contributed by atoms with Gasteiger partial charge in [-0.15, -0.1) is 0 Å². The van der Waals surface area contributed by atoms with Crippen LogP contribution in [-0.4, -0.2) is 22.0 Å². The summed E-state index contributed by atoms with van der Waals surface area (Å²) in [6.07, 6.45) is 3.52. The molecule has 1 aromatic carbocycles. The Bertz CT molecular complexity index is 468. The summed E-state index contributed by atoms with van der Waals surface area (Å²) in [6.45, 7) is 4.34. The normalized spacial score (nSPS) is 24.1. The quantitative estimate of drug-likeness (QED) is 0.498. The standard InChI is InChI=1S/C13H20N4O2/c1-9-4-3-5-10(2)16(9)15-13-7-6-11(17(18)19)8-12(13)14/h6-10,15H,3-5,14H2,1-2H3. The van der Waals surface area contributed by atoms with Crippen molar-refractivity contribution < 1.29 is 4.92 Å². The largest absolute Gasteiger partial charge is 0.397 e. The van der Waals surface area contributed by atoms with Crippen molar-refractivity contribution in [3.8, 4) is 0 Å². The third kappa shape index (κ3) is 2.96. The van der Waals surface area contributed by atoms with E-state index in [1.165, 1.54) is 18.6 Å². The van der Waals surface area contributed by atoms with Crippen LogP contribution in [0.5, 0.6) is 0 Å². The van der Waals surface area contributed by atoms with Crippen LogP contribution in [0.2, 0.25) is 0 Å². The fourth-order valence-electron chi connectivity index (χ4n) is 2.55. The van der Waals surface area contributed by atoms with E-state index < -0.39 is 4.92 Å². The lowest BCUT2D eigenvalue weighted by molar-refractivity contribution is -0.384. The molecule has 6 heteroatoms. The molecule has 2 rings (SSSR count). The minimum atomic E-state index is -0.438. The maximum absolute atomic E-state index is 10.7. The molecule has 1 saturated heterocycles. The van der Waals surface area contributed by atoms with Gasteiger partial charge in [-0.3, -0.25) is 10.1 Å². The number of nitrogens with one attached hydrogen (secondary N) is 1. The lowest BCUT2D eigenvalue weighted by Gasteiger charge is -2.39. The summed E-state index contributed by atoms with van der Waals surface area (Å²) in [4.78, 5) is 10.2. The van der Waals surface area contributed by atoms with Gasteiger partial charge in [-0.2, -0.15) is 0 Å². The Hall–Kier alpha value is -1.82. The number of benzene rings is 1. The number of nitro benzene ring substituents is 1. The number of hydrogen-bond acceptors (Lipinski definition) is 5. The van der Waals surface area contributed by atoms with Gasteiger partial charge in [0.15, 0.2) is 0 Å². The predicted octanol–water partition coefficient (Wildman–Crippen LogP) is 2.77. The third-order valence-corrected chi connectivity index (χ3v) is 3.69. The van der Waals surface area contributed by atoms with E-state index in [4.69, 9.17) is 5.73 Å². The molecular formula is C13H20N4O2. The molecule has 3 N–H and O–H groups in total. The highest BCUT2D eigenvalue weighted by atomic mass is 16.6. The lowest BCUT2D eigenvalue weighted by Crippen LogP contribution is -2.47. The highest BCUT2D eigenvalue weighted by molar-refractivity contribution is 5.69. The van der Waals surface area contributed by atoms with Crippen molar-refractivity contribution in [2.75, 3.05) is 11.2 Å². The van der Waals surface area contributed by atoms with E-state index in [-0.39, 0.29) is 5.69 Å². The molecule has 104 valence electrons. The Morgan fingerprint density at radius 3 is 2.53 bits per heavy atom. The number of nitro groups is 1. The zero-order chi connectivity index (χ0) is 14.0. The van der Waals surface area contributed by atoms with Crippen molar-refractivity contribution in [3.63, 3.8) is 0 Å². The number of hydrazine groups is 1. The van der Waals surface area contributed by atoms with Gasteiger partial charge in [-0.05, 0) is 32.8 Å². The second kappa shape index (κ2) is 5.44. The first-order valence-corrected chi connectivity index (χ1v) is 6.58. The van der Waals surface area contributed by atoms with Crippen LogP contribution < -0.4 is 11.2 Å². The van der Waals surface area contributed by atoms with E-state index in [0.29, 0.717) is 17.8 Å².